The van der Waals surface area contributed by atoms with E-state index < -0.39 is 0 Å². The Morgan fingerprint density at radius 1 is 1.36 bits per heavy atom. The lowest BCUT2D eigenvalue weighted by molar-refractivity contribution is 0.0953. The monoisotopic (exact) mass is 358 g/mol. The molecule has 5 nitrogen and oxygen atoms in total. The number of nitrogens with zero attached hydrogens (tertiary/aromatic N) is 2. The Bertz CT molecular complexity index is 881. The van der Waals surface area contributed by atoms with Crippen LogP contribution in [0.3, 0.4) is 0 Å². The summed E-state index contributed by atoms with van der Waals surface area (Å²) in [4.78, 5) is 15.8. The second-order valence-electron chi connectivity index (χ2n) is 6.19. The number of carbonyl (C=O) groups excluding carboxylic acids is 1. The van der Waals surface area contributed by atoms with E-state index in [0.29, 0.717) is 23.0 Å². The van der Waals surface area contributed by atoms with Gasteiger partial charge in [-0.15, -0.1) is 0 Å². The SMILES string of the molecule is CCCCn1nc(C)c(C(=O)NCCc2c[nH]c3ccccc23)c1Cl. The highest BCUT2D eigenvalue weighted by Crippen LogP contribution is 2.21. The predicted octanol–water partition coefficient (Wildman–Crippen LogP) is 4.10. The summed E-state index contributed by atoms with van der Waals surface area (Å²) in [6, 6.07) is 8.16. The van der Waals surface area contributed by atoms with Crippen molar-refractivity contribution in [2.75, 3.05) is 6.54 Å². The van der Waals surface area contributed by atoms with Crippen molar-refractivity contribution in [1.29, 1.82) is 0 Å². The number of nitrogens with one attached hydrogen (secondary N) is 2. The first-order valence-corrected chi connectivity index (χ1v) is 9.05. The zero-order chi connectivity index (χ0) is 17.8. The highest BCUT2D eigenvalue weighted by atomic mass is 35.5. The number of halogens is 1. The normalized spacial score (nSPS) is 11.2. The second-order valence-corrected chi connectivity index (χ2v) is 6.55. The molecule has 2 heterocycles. The number of unbranched alkanes of at least 4 members (excludes halogenated alkanes) is 1. The largest absolute Gasteiger partial charge is 0.361 e. The van der Waals surface area contributed by atoms with Crippen molar-refractivity contribution in [3.63, 3.8) is 0 Å². The van der Waals surface area contributed by atoms with Crippen molar-refractivity contribution < 1.29 is 4.79 Å². The van der Waals surface area contributed by atoms with Gasteiger partial charge in [-0.25, -0.2) is 0 Å². The molecule has 3 rings (SSSR count). The Morgan fingerprint density at radius 3 is 2.96 bits per heavy atom. The van der Waals surface area contributed by atoms with Crippen LogP contribution in [0.1, 0.15) is 41.4 Å². The summed E-state index contributed by atoms with van der Waals surface area (Å²) in [7, 11) is 0. The molecule has 2 N–H and O–H groups in total. The van der Waals surface area contributed by atoms with Crippen LogP contribution in [0.2, 0.25) is 5.15 Å². The molecule has 2 aromatic heterocycles. The molecule has 0 spiro atoms. The molecule has 0 unspecified atom stereocenters. The zero-order valence-electron chi connectivity index (χ0n) is 14.6. The minimum Gasteiger partial charge on any atom is -0.361 e. The third kappa shape index (κ3) is 3.71. The molecule has 3 aromatic rings. The van der Waals surface area contributed by atoms with E-state index in [-0.39, 0.29) is 5.91 Å². The van der Waals surface area contributed by atoms with Gasteiger partial charge in [0, 0.05) is 30.2 Å². The number of benzene rings is 1. The summed E-state index contributed by atoms with van der Waals surface area (Å²) in [5.74, 6) is -0.162. The molecule has 6 heteroatoms. The van der Waals surface area contributed by atoms with E-state index in [1.165, 1.54) is 10.9 Å². The minimum absolute atomic E-state index is 0.162. The Morgan fingerprint density at radius 2 is 2.16 bits per heavy atom. The van der Waals surface area contributed by atoms with Crippen LogP contribution in [0, 0.1) is 6.92 Å². The van der Waals surface area contributed by atoms with Gasteiger partial charge < -0.3 is 10.3 Å². The third-order valence-electron chi connectivity index (χ3n) is 4.37. The molecular formula is C19H23ClN4O. The van der Waals surface area contributed by atoms with Crippen LogP contribution < -0.4 is 5.32 Å². The number of carbonyl (C=O) groups is 1. The number of amides is 1. The van der Waals surface area contributed by atoms with Gasteiger partial charge >= 0.3 is 0 Å². The summed E-state index contributed by atoms with van der Waals surface area (Å²) in [5.41, 5.74) is 3.46. The van der Waals surface area contributed by atoms with Gasteiger partial charge in [-0.2, -0.15) is 5.10 Å². The molecule has 0 atom stereocenters. The average molecular weight is 359 g/mol. The van der Waals surface area contributed by atoms with E-state index in [1.807, 2.05) is 31.3 Å². The summed E-state index contributed by atoms with van der Waals surface area (Å²) in [6.07, 6.45) is 4.80. The van der Waals surface area contributed by atoms with Gasteiger partial charge in [-0.05, 0) is 31.4 Å². The summed E-state index contributed by atoms with van der Waals surface area (Å²) in [5, 5.41) is 8.97. The molecule has 0 saturated heterocycles. The number of hydrogen-bond donors (Lipinski definition) is 2. The molecule has 0 bridgehead atoms. The molecule has 132 valence electrons. The van der Waals surface area contributed by atoms with Gasteiger partial charge in [0.05, 0.1) is 11.3 Å². The Labute approximate surface area is 152 Å². The van der Waals surface area contributed by atoms with E-state index >= 15 is 0 Å². The predicted molar refractivity (Wildman–Crippen MR) is 101 cm³/mol. The van der Waals surface area contributed by atoms with E-state index in [2.05, 4.69) is 28.4 Å². The first-order chi connectivity index (χ1) is 12.1. The highest BCUT2D eigenvalue weighted by Gasteiger charge is 2.19. The topological polar surface area (TPSA) is 62.7 Å². The molecule has 0 aliphatic rings. The van der Waals surface area contributed by atoms with Crippen LogP contribution in [-0.4, -0.2) is 27.2 Å². The fraction of sp³-hybridized carbons (Fsp3) is 0.368. The van der Waals surface area contributed by atoms with E-state index in [9.17, 15) is 4.79 Å². The smallest absolute Gasteiger partial charge is 0.256 e. The molecule has 0 aliphatic heterocycles. The van der Waals surface area contributed by atoms with Gasteiger partial charge in [-0.3, -0.25) is 9.48 Å². The molecule has 0 aliphatic carbocycles. The number of aromatic nitrogens is 3. The first-order valence-electron chi connectivity index (χ1n) is 8.68. The van der Waals surface area contributed by atoms with Gasteiger partial charge in [0.15, 0.2) is 0 Å². The Balaban J connectivity index is 1.64. The fourth-order valence-electron chi connectivity index (χ4n) is 3.00. The molecule has 1 aromatic carbocycles. The second kappa shape index (κ2) is 7.74. The summed E-state index contributed by atoms with van der Waals surface area (Å²) < 4.78 is 1.72. The molecule has 0 saturated carbocycles. The number of rotatable bonds is 7. The number of H-pyrrole nitrogens is 1. The van der Waals surface area contributed by atoms with Crippen molar-refractivity contribution in [2.24, 2.45) is 0 Å². The van der Waals surface area contributed by atoms with Gasteiger partial charge in [0.1, 0.15) is 5.15 Å². The Kier molecular flexibility index (Phi) is 5.43. The van der Waals surface area contributed by atoms with E-state index in [4.69, 9.17) is 11.6 Å². The minimum atomic E-state index is -0.162. The maximum atomic E-state index is 12.5. The molecule has 1 amide bonds. The average Bonchev–Trinajstić information content (AvgIpc) is 3.14. The summed E-state index contributed by atoms with van der Waals surface area (Å²) >= 11 is 6.35. The fourth-order valence-corrected chi connectivity index (χ4v) is 3.35. The number of hydrogen-bond acceptors (Lipinski definition) is 2. The number of fused-ring (bicyclic) bond motifs is 1. The molecule has 0 radical (unpaired) electrons. The lowest BCUT2D eigenvalue weighted by Gasteiger charge is -2.05. The highest BCUT2D eigenvalue weighted by molar-refractivity contribution is 6.33. The molecule has 25 heavy (non-hydrogen) atoms. The van der Waals surface area contributed by atoms with Crippen LogP contribution in [0.15, 0.2) is 30.5 Å². The van der Waals surface area contributed by atoms with Crippen LogP contribution in [-0.2, 0) is 13.0 Å². The van der Waals surface area contributed by atoms with Crippen LogP contribution in [0.5, 0.6) is 0 Å². The third-order valence-corrected chi connectivity index (χ3v) is 4.75. The van der Waals surface area contributed by atoms with Crippen LogP contribution >= 0.6 is 11.6 Å². The lowest BCUT2D eigenvalue weighted by atomic mass is 10.1. The zero-order valence-corrected chi connectivity index (χ0v) is 15.4. The quantitative estimate of drug-likeness (QED) is 0.668. The van der Waals surface area contributed by atoms with Crippen molar-refractivity contribution in [1.82, 2.24) is 20.1 Å². The van der Waals surface area contributed by atoms with Crippen molar-refractivity contribution in [3.05, 3.63) is 52.4 Å². The van der Waals surface area contributed by atoms with Crippen molar-refractivity contribution >= 4 is 28.4 Å². The van der Waals surface area contributed by atoms with Crippen molar-refractivity contribution in [2.45, 2.75) is 39.7 Å². The van der Waals surface area contributed by atoms with Crippen LogP contribution in [0.25, 0.3) is 10.9 Å². The van der Waals surface area contributed by atoms with Gasteiger partial charge in [0.2, 0.25) is 0 Å². The Hall–Kier alpha value is -2.27. The van der Waals surface area contributed by atoms with E-state index in [0.717, 1.165) is 31.3 Å². The first kappa shape index (κ1) is 17.5. The maximum Gasteiger partial charge on any atom is 0.256 e. The van der Waals surface area contributed by atoms with Gasteiger partial charge in [0.25, 0.3) is 5.91 Å². The van der Waals surface area contributed by atoms with Gasteiger partial charge in [-0.1, -0.05) is 43.1 Å². The van der Waals surface area contributed by atoms with E-state index in [1.54, 1.807) is 4.68 Å². The summed E-state index contributed by atoms with van der Waals surface area (Å²) in [6.45, 7) is 5.22. The number of aryl methyl sites for hydroxylation is 2. The number of aromatic amines is 1. The number of para-hydroxylation sites is 1. The molecule has 0 fully saturated rings. The van der Waals surface area contributed by atoms with Crippen LogP contribution in [0.4, 0.5) is 0 Å². The standard InChI is InChI=1S/C19H23ClN4O/c1-3-4-11-24-18(20)17(13(2)23-24)19(25)21-10-9-14-12-22-16-8-6-5-7-15(14)16/h5-8,12,22H,3-4,9-11H2,1-2H3,(H,21,25). The molecular weight excluding hydrogens is 336 g/mol. The lowest BCUT2D eigenvalue weighted by Crippen LogP contribution is -2.26. The van der Waals surface area contributed by atoms with Crippen molar-refractivity contribution in [3.8, 4) is 0 Å². The maximum absolute atomic E-state index is 12.5.